The molecule has 2 amide bonds. The van der Waals surface area contributed by atoms with Gasteiger partial charge in [0.2, 0.25) is 11.8 Å². The quantitative estimate of drug-likeness (QED) is 0.746. The van der Waals surface area contributed by atoms with Crippen LogP contribution in [0.1, 0.15) is 57.4 Å². The van der Waals surface area contributed by atoms with E-state index in [9.17, 15) is 9.59 Å². The molecule has 1 aliphatic carbocycles. The van der Waals surface area contributed by atoms with Gasteiger partial charge in [-0.1, -0.05) is 43.2 Å². The van der Waals surface area contributed by atoms with Crippen molar-refractivity contribution in [2.24, 2.45) is 5.92 Å². The first-order valence-electron chi connectivity index (χ1n) is 12.0. The highest BCUT2D eigenvalue weighted by molar-refractivity contribution is 5.83. The minimum absolute atomic E-state index is 0.0134. The van der Waals surface area contributed by atoms with Crippen LogP contribution in [0.3, 0.4) is 0 Å². The Morgan fingerprint density at radius 1 is 0.900 bits per heavy atom. The number of hydrogen-bond donors (Lipinski definition) is 0. The summed E-state index contributed by atoms with van der Waals surface area (Å²) in [6, 6.07) is 10.4. The summed E-state index contributed by atoms with van der Waals surface area (Å²) < 4.78 is 0. The normalized spacial score (nSPS) is 24.8. The molecule has 5 nitrogen and oxygen atoms in total. The first kappa shape index (κ1) is 21.4. The Bertz CT molecular complexity index is 708. The largest absolute Gasteiger partial charge is 0.340 e. The van der Waals surface area contributed by atoms with Gasteiger partial charge in [-0.25, -0.2) is 0 Å². The molecule has 0 spiro atoms. The SMILES string of the molecule is CC1CCCCN1C(=O)C(C1CCCC1)N1CCN(C(=O)Cc2ccccc2)CC1. The fourth-order valence-electron chi connectivity index (χ4n) is 5.66. The van der Waals surface area contributed by atoms with Crippen molar-refractivity contribution in [3.63, 3.8) is 0 Å². The average Bonchev–Trinajstić information content (AvgIpc) is 3.29. The summed E-state index contributed by atoms with van der Waals surface area (Å²) in [4.78, 5) is 33.0. The van der Waals surface area contributed by atoms with Crippen molar-refractivity contribution in [1.82, 2.24) is 14.7 Å². The van der Waals surface area contributed by atoms with Crippen LogP contribution in [0, 0.1) is 5.92 Å². The molecule has 2 unspecified atom stereocenters. The van der Waals surface area contributed by atoms with Crippen LogP contribution >= 0.6 is 0 Å². The van der Waals surface area contributed by atoms with E-state index in [-0.39, 0.29) is 11.9 Å². The minimum Gasteiger partial charge on any atom is -0.340 e. The number of piperazine rings is 1. The molecule has 0 aromatic heterocycles. The first-order chi connectivity index (χ1) is 14.6. The molecule has 2 atom stereocenters. The summed E-state index contributed by atoms with van der Waals surface area (Å²) in [5.74, 6) is 1.05. The van der Waals surface area contributed by atoms with Crippen molar-refractivity contribution < 1.29 is 9.59 Å². The highest BCUT2D eigenvalue weighted by Crippen LogP contribution is 2.33. The van der Waals surface area contributed by atoms with E-state index in [4.69, 9.17) is 0 Å². The highest BCUT2D eigenvalue weighted by Gasteiger charge is 2.40. The van der Waals surface area contributed by atoms with Crippen LogP contribution in [0.25, 0.3) is 0 Å². The molecule has 2 aliphatic heterocycles. The molecule has 4 rings (SSSR count). The molecule has 0 radical (unpaired) electrons. The maximum atomic E-state index is 13.7. The Labute approximate surface area is 181 Å². The van der Waals surface area contributed by atoms with Crippen molar-refractivity contribution in [3.05, 3.63) is 35.9 Å². The van der Waals surface area contributed by atoms with E-state index in [1.165, 1.54) is 32.1 Å². The van der Waals surface area contributed by atoms with Gasteiger partial charge in [-0.15, -0.1) is 0 Å². The number of carbonyl (C=O) groups is 2. The molecule has 1 aromatic carbocycles. The third-order valence-electron chi connectivity index (χ3n) is 7.44. The number of nitrogens with zero attached hydrogens (tertiary/aromatic N) is 3. The Kier molecular flexibility index (Phi) is 7.08. The Hall–Kier alpha value is -1.88. The zero-order valence-corrected chi connectivity index (χ0v) is 18.5. The lowest BCUT2D eigenvalue weighted by Gasteiger charge is -2.44. The van der Waals surface area contributed by atoms with Gasteiger partial charge in [0.1, 0.15) is 0 Å². The number of likely N-dealkylation sites (tertiary alicyclic amines) is 1. The van der Waals surface area contributed by atoms with Crippen molar-refractivity contribution in [3.8, 4) is 0 Å². The lowest BCUT2D eigenvalue weighted by Crippen LogP contribution is -2.60. The first-order valence-corrected chi connectivity index (χ1v) is 12.0. The molecular weight excluding hydrogens is 374 g/mol. The lowest BCUT2D eigenvalue weighted by molar-refractivity contribution is -0.144. The van der Waals surface area contributed by atoms with Crippen LogP contribution in [0.5, 0.6) is 0 Å². The molecule has 164 valence electrons. The standard InChI is InChI=1S/C25H37N3O2/c1-20-9-7-8-14-28(20)25(30)24(22-12-5-6-13-22)27-17-15-26(16-18-27)23(29)19-21-10-3-2-4-11-21/h2-4,10-11,20,22,24H,5-9,12-19H2,1H3. The topological polar surface area (TPSA) is 43.9 Å². The van der Waals surface area contributed by atoms with Gasteiger partial charge in [0.15, 0.2) is 0 Å². The molecule has 2 saturated heterocycles. The summed E-state index contributed by atoms with van der Waals surface area (Å²) >= 11 is 0. The molecule has 30 heavy (non-hydrogen) atoms. The monoisotopic (exact) mass is 411 g/mol. The van der Waals surface area contributed by atoms with E-state index in [1.807, 2.05) is 35.2 Å². The summed E-state index contributed by atoms with van der Waals surface area (Å²) in [6.45, 7) is 6.22. The summed E-state index contributed by atoms with van der Waals surface area (Å²) in [5.41, 5.74) is 1.07. The van der Waals surface area contributed by atoms with Gasteiger partial charge in [0, 0.05) is 38.8 Å². The van der Waals surface area contributed by atoms with E-state index < -0.39 is 0 Å². The number of rotatable bonds is 5. The van der Waals surface area contributed by atoms with Gasteiger partial charge in [0.25, 0.3) is 0 Å². The molecule has 3 fully saturated rings. The second-order valence-corrected chi connectivity index (χ2v) is 9.44. The Morgan fingerprint density at radius 3 is 2.23 bits per heavy atom. The molecule has 0 bridgehead atoms. The van der Waals surface area contributed by atoms with E-state index in [0.717, 1.165) is 51.1 Å². The van der Waals surface area contributed by atoms with Crippen molar-refractivity contribution >= 4 is 11.8 Å². The molecule has 5 heteroatoms. The van der Waals surface area contributed by atoms with E-state index >= 15 is 0 Å². The molecular formula is C25H37N3O2. The van der Waals surface area contributed by atoms with Gasteiger partial charge in [-0.05, 0) is 50.5 Å². The Morgan fingerprint density at radius 2 is 1.57 bits per heavy atom. The third kappa shape index (κ3) is 4.88. The maximum Gasteiger partial charge on any atom is 0.240 e. The number of amides is 2. The number of piperidine rings is 1. The minimum atomic E-state index is 0.0134. The van der Waals surface area contributed by atoms with Crippen LogP contribution < -0.4 is 0 Å². The van der Waals surface area contributed by atoms with Crippen molar-refractivity contribution in [2.75, 3.05) is 32.7 Å². The lowest BCUT2D eigenvalue weighted by atomic mass is 9.92. The van der Waals surface area contributed by atoms with E-state index in [2.05, 4.69) is 16.7 Å². The number of carbonyl (C=O) groups excluding carboxylic acids is 2. The van der Waals surface area contributed by atoms with Gasteiger partial charge in [-0.3, -0.25) is 14.5 Å². The zero-order chi connectivity index (χ0) is 20.9. The Balaban J connectivity index is 1.39. The molecule has 3 aliphatic rings. The van der Waals surface area contributed by atoms with Crippen LogP contribution in [0.2, 0.25) is 0 Å². The van der Waals surface area contributed by atoms with Gasteiger partial charge in [0.05, 0.1) is 12.5 Å². The van der Waals surface area contributed by atoms with E-state index in [1.54, 1.807) is 0 Å². The van der Waals surface area contributed by atoms with Crippen LogP contribution in [0.15, 0.2) is 30.3 Å². The van der Waals surface area contributed by atoms with Crippen LogP contribution in [0.4, 0.5) is 0 Å². The average molecular weight is 412 g/mol. The third-order valence-corrected chi connectivity index (χ3v) is 7.44. The zero-order valence-electron chi connectivity index (χ0n) is 18.5. The second-order valence-electron chi connectivity index (χ2n) is 9.44. The summed E-state index contributed by atoms with van der Waals surface area (Å²) in [6.07, 6.45) is 8.81. The maximum absolute atomic E-state index is 13.7. The van der Waals surface area contributed by atoms with Gasteiger partial charge < -0.3 is 9.80 Å². The summed E-state index contributed by atoms with van der Waals surface area (Å²) in [7, 11) is 0. The van der Waals surface area contributed by atoms with E-state index in [0.29, 0.717) is 24.3 Å². The number of benzene rings is 1. The number of hydrogen-bond acceptors (Lipinski definition) is 3. The fraction of sp³-hybridized carbons (Fsp3) is 0.680. The van der Waals surface area contributed by atoms with Crippen LogP contribution in [-0.2, 0) is 16.0 Å². The van der Waals surface area contributed by atoms with Gasteiger partial charge >= 0.3 is 0 Å². The van der Waals surface area contributed by atoms with Crippen molar-refractivity contribution in [1.29, 1.82) is 0 Å². The molecule has 0 N–H and O–H groups in total. The fourth-order valence-corrected chi connectivity index (χ4v) is 5.66. The van der Waals surface area contributed by atoms with Crippen LogP contribution in [-0.4, -0.2) is 71.3 Å². The smallest absolute Gasteiger partial charge is 0.240 e. The van der Waals surface area contributed by atoms with Gasteiger partial charge in [-0.2, -0.15) is 0 Å². The second kappa shape index (κ2) is 9.95. The summed E-state index contributed by atoms with van der Waals surface area (Å²) in [5, 5.41) is 0. The molecule has 1 aromatic rings. The molecule has 2 heterocycles. The molecule has 1 saturated carbocycles. The highest BCUT2D eigenvalue weighted by atomic mass is 16.2. The predicted octanol–water partition coefficient (Wildman–Crippen LogP) is 3.33. The predicted molar refractivity (Wildman–Crippen MR) is 119 cm³/mol. The van der Waals surface area contributed by atoms with Crippen molar-refractivity contribution in [2.45, 2.75) is 70.4 Å².